The molecule has 1 aliphatic rings. The lowest BCUT2D eigenvalue weighted by atomic mass is 9.84. The van der Waals surface area contributed by atoms with Crippen LogP contribution in [0.5, 0.6) is 11.5 Å². The first-order valence-corrected chi connectivity index (χ1v) is 14.3. The van der Waals surface area contributed by atoms with Crippen LogP contribution in [0.15, 0.2) is 76.2 Å². The molecule has 0 saturated carbocycles. The minimum Gasteiger partial charge on any atom is -0.511 e. The number of rotatable bonds is 9. The smallest absolute Gasteiger partial charge is 0.349 e. The Bertz CT molecular complexity index is 1370. The predicted octanol–water partition coefficient (Wildman–Crippen LogP) is 7.01. The number of esters is 1. The van der Waals surface area contributed by atoms with Crippen LogP contribution >= 0.6 is 11.8 Å². The van der Waals surface area contributed by atoms with E-state index >= 15 is 0 Å². The van der Waals surface area contributed by atoms with E-state index in [1.165, 1.54) is 11.8 Å². The number of carbonyl (C=O) groups is 1. The van der Waals surface area contributed by atoms with Gasteiger partial charge in [0.05, 0.1) is 6.61 Å². The molecule has 0 unspecified atom stereocenters. The maximum Gasteiger partial charge on any atom is 0.349 e. The molecule has 6 nitrogen and oxygen atoms in total. The van der Waals surface area contributed by atoms with Crippen LogP contribution in [-0.2, 0) is 34.4 Å². The molecule has 0 radical (unpaired) electrons. The molecule has 0 fully saturated rings. The van der Waals surface area contributed by atoms with E-state index < -0.39 is 11.6 Å². The van der Waals surface area contributed by atoms with Gasteiger partial charge in [0.25, 0.3) is 0 Å². The maximum atomic E-state index is 13.5. The highest BCUT2D eigenvalue weighted by Gasteiger charge is 2.42. The number of aryl methyl sites for hydroxylation is 3. The molecule has 40 heavy (non-hydrogen) atoms. The van der Waals surface area contributed by atoms with Crippen LogP contribution < -0.4 is 0 Å². The van der Waals surface area contributed by atoms with Gasteiger partial charge >= 0.3 is 5.97 Å². The highest BCUT2D eigenvalue weighted by atomic mass is 32.2. The van der Waals surface area contributed by atoms with E-state index in [0.29, 0.717) is 25.7 Å². The van der Waals surface area contributed by atoms with Gasteiger partial charge in [-0.05, 0) is 96.2 Å². The molecule has 0 aliphatic carbocycles. The topological polar surface area (TPSA) is 107 Å². The Morgan fingerprint density at radius 3 is 1.95 bits per heavy atom. The molecule has 0 saturated heterocycles. The van der Waals surface area contributed by atoms with Gasteiger partial charge in [-0.2, -0.15) is 0 Å². The zero-order valence-electron chi connectivity index (χ0n) is 23.5. The number of thioether (sulfide) groups is 1. The number of cyclic esters (lactones) is 1. The molecular weight excluding hydrogens is 524 g/mol. The van der Waals surface area contributed by atoms with E-state index in [-0.39, 0.29) is 40.6 Å². The number of aliphatic hydroxyl groups is 2. The quantitative estimate of drug-likeness (QED) is 0.208. The van der Waals surface area contributed by atoms with Crippen molar-refractivity contribution in [2.75, 3.05) is 0 Å². The summed E-state index contributed by atoms with van der Waals surface area (Å²) >= 11 is 1.21. The number of phenolic OH excluding ortho intramolecular Hbond substituents is 2. The molecule has 3 aromatic carbocycles. The first-order chi connectivity index (χ1) is 18.9. The molecule has 0 amide bonds. The van der Waals surface area contributed by atoms with Crippen molar-refractivity contribution in [2.24, 2.45) is 0 Å². The number of benzene rings is 3. The van der Waals surface area contributed by atoms with Crippen LogP contribution in [0.2, 0.25) is 0 Å². The van der Waals surface area contributed by atoms with Gasteiger partial charge in [-0.3, -0.25) is 0 Å². The van der Waals surface area contributed by atoms with E-state index in [2.05, 4.69) is 20.8 Å². The monoisotopic (exact) mass is 562 g/mol. The number of carbonyl (C=O) groups excluding carboxylic acids is 1. The predicted molar refractivity (Wildman–Crippen MR) is 158 cm³/mol. The first kappa shape index (κ1) is 29.6. The van der Waals surface area contributed by atoms with Crippen molar-refractivity contribution in [1.82, 2.24) is 0 Å². The zero-order chi connectivity index (χ0) is 29.1. The summed E-state index contributed by atoms with van der Waals surface area (Å²) in [5.41, 5.74) is 3.33. The Morgan fingerprint density at radius 1 is 0.900 bits per heavy atom. The summed E-state index contributed by atoms with van der Waals surface area (Å²) in [4.78, 5) is 14.6. The lowest BCUT2D eigenvalue weighted by Gasteiger charge is -2.37. The number of ether oxygens (including phenoxy) is 1. The fourth-order valence-corrected chi connectivity index (χ4v) is 6.38. The highest BCUT2D eigenvalue weighted by molar-refractivity contribution is 8.04. The normalized spacial score (nSPS) is 15.3. The SMILES string of the molecule is Cc1cc(SC2=C(O)CC(CCc3cccc(O)c3)(CCc3cccc(O)c3)OC2=O)c(C(C)(C)C)cc1CO. The van der Waals surface area contributed by atoms with Gasteiger partial charge in [0.2, 0.25) is 0 Å². The fourth-order valence-electron chi connectivity index (χ4n) is 5.13. The molecule has 0 aromatic heterocycles. The maximum absolute atomic E-state index is 13.5. The number of hydrogen-bond donors (Lipinski definition) is 4. The second-order valence-electron chi connectivity index (χ2n) is 11.6. The molecule has 1 aliphatic heterocycles. The van der Waals surface area contributed by atoms with E-state index in [0.717, 1.165) is 32.7 Å². The summed E-state index contributed by atoms with van der Waals surface area (Å²) in [6, 6.07) is 17.9. The fraction of sp³-hybridized carbons (Fsp3) is 0.364. The lowest BCUT2D eigenvalue weighted by molar-refractivity contribution is -0.159. The van der Waals surface area contributed by atoms with Gasteiger partial charge in [0.1, 0.15) is 27.8 Å². The van der Waals surface area contributed by atoms with Crippen LogP contribution in [0.3, 0.4) is 0 Å². The van der Waals surface area contributed by atoms with Crippen molar-refractivity contribution in [3.8, 4) is 11.5 Å². The summed E-state index contributed by atoms with van der Waals surface area (Å²) in [7, 11) is 0. The summed E-state index contributed by atoms with van der Waals surface area (Å²) in [5.74, 6) is -0.225. The van der Waals surface area contributed by atoms with E-state index in [1.54, 1.807) is 36.4 Å². The molecule has 7 heteroatoms. The van der Waals surface area contributed by atoms with Crippen molar-refractivity contribution >= 4 is 17.7 Å². The number of aliphatic hydroxyl groups excluding tert-OH is 2. The summed E-state index contributed by atoms with van der Waals surface area (Å²) in [6.07, 6.45) is 2.18. The zero-order valence-corrected chi connectivity index (χ0v) is 24.3. The Morgan fingerprint density at radius 2 is 1.48 bits per heavy atom. The molecular formula is C33H38O6S. The highest BCUT2D eigenvalue weighted by Crippen LogP contribution is 2.44. The second-order valence-corrected chi connectivity index (χ2v) is 12.7. The van der Waals surface area contributed by atoms with Crippen LogP contribution in [-0.4, -0.2) is 32.0 Å². The van der Waals surface area contributed by atoms with Crippen molar-refractivity contribution in [3.05, 3.63) is 99.1 Å². The van der Waals surface area contributed by atoms with Crippen molar-refractivity contribution < 1.29 is 30.0 Å². The third kappa shape index (κ3) is 7.01. The lowest BCUT2D eigenvalue weighted by Crippen LogP contribution is -2.41. The minimum atomic E-state index is -0.953. The van der Waals surface area contributed by atoms with Gasteiger partial charge in [-0.1, -0.05) is 62.9 Å². The standard InChI is InChI=1S/C33H38O6S/c1-21-15-29(27(32(2,3)4)18-24(21)20-34)40-30-28(37)19-33(39-31(30)38,13-11-22-7-5-9-25(35)16-22)14-12-23-8-6-10-26(36)17-23/h5-10,15-18,34-37H,11-14,19-20H2,1-4H3. The van der Waals surface area contributed by atoms with E-state index in [9.17, 15) is 25.2 Å². The van der Waals surface area contributed by atoms with Crippen LogP contribution in [0.1, 0.15) is 67.9 Å². The summed E-state index contributed by atoms with van der Waals surface area (Å²) in [5, 5.41) is 40.9. The molecule has 212 valence electrons. The first-order valence-electron chi connectivity index (χ1n) is 13.5. The summed E-state index contributed by atoms with van der Waals surface area (Å²) < 4.78 is 6.19. The Kier molecular flexibility index (Phi) is 8.86. The molecule has 4 N–H and O–H groups in total. The van der Waals surface area contributed by atoms with Crippen LogP contribution in [0.25, 0.3) is 0 Å². The van der Waals surface area contributed by atoms with Crippen molar-refractivity contribution in [3.63, 3.8) is 0 Å². The average molecular weight is 563 g/mol. The van der Waals surface area contributed by atoms with Gasteiger partial charge in [-0.15, -0.1) is 0 Å². The Hall–Kier alpha value is -3.42. The molecule has 4 rings (SSSR count). The average Bonchev–Trinajstić information content (AvgIpc) is 2.88. The third-order valence-electron chi connectivity index (χ3n) is 7.43. The van der Waals surface area contributed by atoms with E-state index in [4.69, 9.17) is 4.74 Å². The molecule has 0 bridgehead atoms. The summed E-state index contributed by atoms with van der Waals surface area (Å²) in [6.45, 7) is 8.07. The minimum absolute atomic E-state index is 0.00295. The van der Waals surface area contributed by atoms with Crippen molar-refractivity contribution in [2.45, 2.75) is 82.3 Å². The number of phenols is 2. The van der Waals surface area contributed by atoms with Crippen LogP contribution in [0.4, 0.5) is 0 Å². The largest absolute Gasteiger partial charge is 0.511 e. The second kappa shape index (κ2) is 12.0. The molecule has 3 aromatic rings. The molecule has 0 spiro atoms. The third-order valence-corrected chi connectivity index (χ3v) is 8.60. The van der Waals surface area contributed by atoms with Crippen molar-refractivity contribution in [1.29, 1.82) is 0 Å². The number of aromatic hydroxyl groups is 2. The Balaban J connectivity index is 1.65. The van der Waals surface area contributed by atoms with Gasteiger partial charge in [-0.25, -0.2) is 4.79 Å². The van der Waals surface area contributed by atoms with Gasteiger partial charge in [0.15, 0.2) is 0 Å². The molecule has 0 atom stereocenters. The van der Waals surface area contributed by atoms with Gasteiger partial charge < -0.3 is 25.2 Å². The van der Waals surface area contributed by atoms with Crippen LogP contribution in [0, 0.1) is 6.92 Å². The molecule has 1 heterocycles. The van der Waals surface area contributed by atoms with Gasteiger partial charge in [0, 0.05) is 11.3 Å². The number of hydrogen-bond acceptors (Lipinski definition) is 7. The van der Waals surface area contributed by atoms with E-state index in [1.807, 2.05) is 31.2 Å². The Labute approximate surface area is 240 Å².